The maximum atomic E-state index is 12.3. The topological polar surface area (TPSA) is 55.4 Å². The summed E-state index contributed by atoms with van der Waals surface area (Å²) in [4.78, 5) is 0.316. The van der Waals surface area contributed by atoms with E-state index in [2.05, 4.69) is 4.72 Å². The van der Waals surface area contributed by atoms with Crippen molar-refractivity contribution in [3.63, 3.8) is 0 Å². The van der Waals surface area contributed by atoms with Gasteiger partial charge in [0.1, 0.15) is 5.75 Å². The van der Waals surface area contributed by atoms with Crippen LogP contribution in [-0.2, 0) is 10.0 Å². The van der Waals surface area contributed by atoms with Gasteiger partial charge >= 0.3 is 0 Å². The van der Waals surface area contributed by atoms with Gasteiger partial charge in [-0.3, -0.25) is 0 Å². The van der Waals surface area contributed by atoms with Crippen LogP contribution in [0.3, 0.4) is 0 Å². The van der Waals surface area contributed by atoms with Crippen LogP contribution in [0.2, 0.25) is 0 Å². The van der Waals surface area contributed by atoms with Gasteiger partial charge in [-0.1, -0.05) is 24.3 Å². The minimum atomic E-state index is -3.45. The normalized spacial score (nSPS) is 15.6. The predicted molar refractivity (Wildman–Crippen MR) is 73.8 cm³/mol. The summed E-state index contributed by atoms with van der Waals surface area (Å²) in [5.41, 5.74) is 0. The largest absolute Gasteiger partial charge is 0.496 e. The molecule has 0 spiro atoms. The lowest BCUT2D eigenvalue weighted by molar-refractivity contribution is 0.419. The summed E-state index contributed by atoms with van der Waals surface area (Å²) in [6.45, 7) is 0. The quantitative estimate of drug-likeness (QED) is 0.933. The van der Waals surface area contributed by atoms with Gasteiger partial charge in [-0.2, -0.15) is 0 Å². The molecule has 0 heterocycles. The first kappa shape index (κ1) is 12.4. The molecule has 0 aliphatic heterocycles. The Bertz CT molecular complexity index is 721. The molecule has 4 nitrogen and oxygen atoms in total. The second-order valence-corrected chi connectivity index (χ2v) is 6.39. The van der Waals surface area contributed by atoms with Gasteiger partial charge in [0.25, 0.3) is 0 Å². The minimum absolute atomic E-state index is 0.103. The van der Waals surface area contributed by atoms with Crippen molar-refractivity contribution in [2.24, 2.45) is 0 Å². The van der Waals surface area contributed by atoms with Crippen molar-refractivity contribution in [2.45, 2.75) is 23.8 Å². The Balaban J connectivity index is 2.19. The molecule has 1 aliphatic carbocycles. The molecule has 0 aromatic heterocycles. The third kappa shape index (κ3) is 2.31. The van der Waals surface area contributed by atoms with Gasteiger partial charge < -0.3 is 4.74 Å². The van der Waals surface area contributed by atoms with E-state index in [4.69, 9.17) is 4.74 Å². The van der Waals surface area contributed by atoms with Crippen molar-refractivity contribution in [1.29, 1.82) is 0 Å². The van der Waals surface area contributed by atoms with E-state index in [9.17, 15) is 8.42 Å². The van der Waals surface area contributed by atoms with Gasteiger partial charge in [-0.25, -0.2) is 13.1 Å². The van der Waals surface area contributed by atoms with Crippen LogP contribution < -0.4 is 9.46 Å². The van der Waals surface area contributed by atoms with E-state index in [1.807, 2.05) is 18.2 Å². The molecule has 19 heavy (non-hydrogen) atoms. The Labute approximate surface area is 112 Å². The molecule has 3 rings (SSSR count). The monoisotopic (exact) mass is 277 g/mol. The second kappa shape index (κ2) is 4.51. The van der Waals surface area contributed by atoms with E-state index < -0.39 is 10.0 Å². The van der Waals surface area contributed by atoms with Crippen LogP contribution >= 0.6 is 0 Å². The molecule has 2 aromatic carbocycles. The van der Waals surface area contributed by atoms with Crippen molar-refractivity contribution in [3.8, 4) is 5.75 Å². The summed E-state index contributed by atoms with van der Waals surface area (Å²) >= 11 is 0. The molecule has 1 N–H and O–H groups in total. The van der Waals surface area contributed by atoms with E-state index in [1.54, 1.807) is 25.3 Å². The molecular weight excluding hydrogens is 262 g/mol. The summed E-state index contributed by atoms with van der Waals surface area (Å²) in [7, 11) is -1.87. The molecule has 2 aromatic rings. The molecule has 1 saturated carbocycles. The first-order chi connectivity index (χ1) is 9.12. The van der Waals surface area contributed by atoms with Crippen molar-refractivity contribution in [1.82, 2.24) is 4.72 Å². The smallest absolute Gasteiger partial charge is 0.241 e. The Hall–Kier alpha value is -1.59. The van der Waals surface area contributed by atoms with Crippen LogP contribution in [0.1, 0.15) is 12.8 Å². The fraction of sp³-hybridized carbons (Fsp3) is 0.286. The highest BCUT2D eigenvalue weighted by molar-refractivity contribution is 7.89. The van der Waals surface area contributed by atoms with Crippen LogP contribution in [0.4, 0.5) is 0 Å². The summed E-state index contributed by atoms with van der Waals surface area (Å²) in [5.74, 6) is 0.681. The highest BCUT2D eigenvalue weighted by atomic mass is 32.2. The Morgan fingerprint density at radius 2 is 1.79 bits per heavy atom. The highest BCUT2D eigenvalue weighted by Crippen LogP contribution is 2.31. The lowest BCUT2D eigenvalue weighted by atomic mass is 10.1. The fourth-order valence-corrected chi connectivity index (χ4v) is 3.66. The van der Waals surface area contributed by atoms with Crippen LogP contribution in [0.15, 0.2) is 41.3 Å². The highest BCUT2D eigenvalue weighted by Gasteiger charge is 2.29. The maximum absolute atomic E-state index is 12.3. The fourth-order valence-electron chi connectivity index (χ4n) is 2.14. The molecule has 0 amide bonds. The number of sulfonamides is 1. The number of hydrogen-bond donors (Lipinski definition) is 1. The van der Waals surface area contributed by atoms with E-state index in [1.165, 1.54) is 0 Å². The van der Waals surface area contributed by atoms with Crippen LogP contribution in [0, 0.1) is 0 Å². The lowest BCUT2D eigenvalue weighted by Crippen LogP contribution is -2.25. The number of ether oxygens (including phenoxy) is 1. The van der Waals surface area contributed by atoms with Gasteiger partial charge in [0.2, 0.25) is 10.0 Å². The molecule has 0 atom stereocenters. The zero-order valence-corrected chi connectivity index (χ0v) is 11.4. The molecule has 1 fully saturated rings. The summed E-state index contributed by atoms with van der Waals surface area (Å²) in [6, 6.07) is 10.8. The zero-order chi connectivity index (χ0) is 13.5. The van der Waals surface area contributed by atoms with Crippen LogP contribution in [0.25, 0.3) is 10.8 Å². The standard InChI is InChI=1S/C14H15NO3S/c1-18-13-8-9-14(12-5-3-2-4-11(12)13)19(16,17)15-10-6-7-10/h2-5,8-10,15H,6-7H2,1H3. The van der Waals surface area contributed by atoms with Gasteiger partial charge in [0.15, 0.2) is 0 Å². The molecule has 0 bridgehead atoms. The molecule has 0 saturated heterocycles. The lowest BCUT2D eigenvalue weighted by Gasteiger charge is -2.11. The van der Waals surface area contributed by atoms with Crippen molar-refractivity contribution in [2.75, 3.05) is 7.11 Å². The van der Waals surface area contributed by atoms with Gasteiger partial charge in [-0.15, -0.1) is 0 Å². The van der Waals surface area contributed by atoms with Crippen LogP contribution in [-0.4, -0.2) is 21.6 Å². The van der Waals surface area contributed by atoms with Crippen molar-refractivity contribution in [3.05, 3.63) is 36.4 Å². The average molecular weight is 277 g/mol. The van der Waals surface area contributed by atoms with Crippen molar-refractivity contribution >= 4 is 20.8 Å². The number of benzene rings is 2. The first-order valence-electron chi connectivity index (χ1n) is 6.20. The van der Waals surface area contributed by atoms with E-state index in [0.717, 1.165) is 18.2 Å². The third-order valence-electron chi connectivity index (χ3n) is 3.25. The van der Waals surface area contributed by atoms with Gasteiger partial charge in [0.05, 0.1) is 12.0 Å². The Kier molecular flexibility index (Phi) is 2.95. The number of rotatable bonds is 4. The molecular formula is C14H15NO3S. The molecule has 0 radical (unpaired) electrons. The number of fused-ring (bicyclic) bond motifs is 1. The Morgan fingerprint density at radius 1 is 1.11 bits per heavy atom. The number of nitrogens with one attached hydrogen (secondary N) is 1. The first-order valence-corrected chi connectivity index (χ1v) is 7.68. The average Bonchev–Trinajstić information content (AvgIpc) is 3.20. The van der Waals surface area contributed by atoms with E-state index in [0.29, 0.717) is 16.0 Å². The van der Waals surface area contributed by atoms with Gasteiger partial charge in [-0.05, 0) is 25.0 Å². The molecule has 100 valence electrons. The van der Waals surface area contributed by atoms with Gasteiger partial charge in [0, 0.05) is 16.8 Å². The van der Waals surface area contributed by atoms with E-state index >= 15 is 0 Å². The van der Waals surface area contributed by atoms with Crippen molar-refractivity contribution < 1.29 is 13.2 Å². The predicted octanol–water partition coefficient (Wildman–Crippen LogP) is 2.29. The summed E-state index contributed by atoms with van der Waals surface area (Å²) in [6.07, 6.45) is 1.85. The SMILES string of the molecule is COc1ccc(S(=O)(=O)NC2CC2)c2ccccc12. The maximum Gasteiger partial charge on any atom is 0.241 e. The number of hydrogen-bond acceptors (Lipinski definition) is 3. The third-order valence-corrected chi connectivity index (χ3v) is 4.83. The zero-order valence-electron chi connectivity index (χ0n) is 10.6. The van der Waals surface area contributed by atoms with Crippen LogP contribution in [0.5, 0.6) is 5.75 Å². The molecule has 1 aliphatic rings. The number of methoxy groups -OCH3 is 1. The summed E-state index contributed by atoms with van der Waals surface area (Å²) < 4.78 is 32.7. The molecule has 0 unspecified atom stereocenters. The summed E-state index contributed by atoms with van der Waals surface area (Å²) in [5, 5.41) is 1.50. The van der Waals surface area contributed by atoms with E-state index in [-0.39, 0.29) is 6.04 Å². The minimum Gasteiger partial charge on any atom is -0.496 e. The molecule has 5 heteroatoms. The Morgan fingerprint density at radius 3 is 2.42 bits per heavy atom. The second-order valence-electron chi connectivity index (χ2n) is 4.71.